The average Bonchev–Trinajstić information content (AvgIpc) is 3.03. The maximum Gasteiger partial charge on any atom is 0.146 e. The molecule has 2 heterocycles. The van der Waals surface area contributed by atoms with E-state index in [1.807, 2.05) is 31.2 Å². The molecule has 4 rings (SSSR count). The fraction of sp³-hybridized carbons (Fsp3) is 0.105. The number of hydrogen-bond donors (Lipinski definition) is 0. The summed E-state index contributed by atoms with van der Waals surface area (Å²) in [5.74, 6) is 0.418. The minimum atomic E-state index is -0.273. The standard InChI is InChI=1S/C19H13ClFN3S2/c1-11-22-17-18(26-11)16(12-6-8-14(21)9-7-12)23-24-19(17)25-10-13-4-2-3-5-15(13)20/h2-9H,10H2,1H3. The van der Waals surface area contributed by atoms with E-state index in [1.54, 1.807) is 35.2 Å². The van der Waals surface area contributed by atoms with Crippen molar-refractivity contribution < 1.29 is 4.39 Å². The molecule has 4 aromatic rings. The maximum atomic E-state index is 13.2. The van der Waals surface area contributed by atoms with Crippen molar-refractivity contribution in [3.05, 3.63) is 69.9 Å². The Hall–Kier alpha value is -2.02. The van der Waals surface area contributed by atoms with Crippen LogP contribution in [-0.4, -0.2) is 15.2 Å². The summed E-state index contributed by atoms with van der Waals surface area (Å²) in [6.45, 7) is 1.96. The Morgan fingerprint density at radius 2 is 1.85 bits per heavy atom. The van der Waals surface area contributed by atoms with Gasteiger partial charge in [-0.05, 0) is 42.8 Å². The van der Waals surface area contributed by atoms with E-state index in [2.05, 4.69) is 15.2 Å². The number of aromatic nitrogens is 3. The van der Waals surface area contributed by atoms with Gasteiger partial charge in [0.1, 0.15) is 22.1 Å². The first-order valence-corrected chi connectivity index (χ1v) is 10.1. The highest BCUT2D eigenvalue weighted by atomic mass is 35.5. The number of fused-ring (bicyclic) bond motifs is 1. The van der Waals surface area contributed by atoms with Crippen molar-refractivity contribution in [2.24, 2.45) is 0 Å². The van der Waals surface area contributed by atoms with Gasteiger partial charge >= 0.3 is 0 Å². The van der Waals surface area contributed by atoms with Crippen LogP contribution in [0.25, 0.3) is 21.5 Å². The molecule has 0 spiro atoms. The van der Waals surface area contributed by atoms with E-state index in [0.29, 0.717) is 5.75 Å². The summed E-state index contributed by atoms with van der Waals surface area (Å²) < 4.78 is 14.2. The van der Waals surface area contributed by atoms with Gasteiger partial charge in [0.2, 0.25) is 0 Å². The molecule has 7 heteroatoms. The predicted octanol–water partition coefficient (Wildman–Crippen LogP) is 6.15. The first-order valence-electron chi connectivity index (χ1n) is 7.88. The van der Waals surface area contributed by atoms with E-state index < -0.39 is 0 Å². The summed E-state index contributed by atoms with van der Waals surface area (Å²) in [7, 11) is 0. The van der Waals surface area contributed by atoms with Crippen LogP contribution < -0.4 is 0 Å². The van der Waals surface area contributed by atoms with Gasteiger partial charge in [-0.3, -0.25) is 0 Å². The molecule has 0 radical (unpaired) electrons. The highest BCUT2D eigenvalue weighted by Crippen LogP contribution is 2.36. The summed E-state index contributed by atoms with van der Waals surface area (Å²) in [4.78, 5) is 4.64. The number of nitrogens with zero attached hydrogens (tertiary/aromatic N) is 3. The van der Waals surface area contributed by atoms with Crippen LogP contribution in [-0.2, 0) is 5.75 Å². The first-order chi connectivity index (χ1) is 12.6. The van der Waals surface area contributed by atoms with E-state index in [4.69, 9.17) is 11.6 Å². The normalized spacial score (nSPS) is 11.2. The third-order valence-electron chi connectivity index (χ3n) is 3.83. The predicted molar refractivity (Wildman–Crippen MR) is 106 cm³/mol. The molecule has 0 saturated carbocycles. The van der Waals surface area contributed by atoms with E-state index in [-0.39, 0.29) is 5.82 Å². The van der Waals surface area contributed by atoms with Crippen LogP contribution >= 0.6 is 34.7 Å². The first kappa shape index (κ1) is 17.4. The van der Waals surface area contributed by atoms with Gasteiger partial charge in [-0.25, -0.2) is 9.37 Å². The van der Waals surface area contributed by atoms with Crippen molar-refractivity contribution >= 4 is 44.9 Å². The fourth-order valence-corrected chi connectivity index (χ4v) is 4.78. The van der Waals surface area contributed by atoms with E-state index in [9.17, 15) is 4.39 Å². The molecule has 0 saturated heterocycles. The molecule has 130 valence electrons. The molecule has 0 N–H and O–H groups in total. The van der Waals surface area contributed by atoms with Crippen LogP contribution in [0, 0.1) is 12.7 Å². The summed E-state index contributed by atoms with van der Waals surface area (Å²) in [5.41, 5.74) is 3.44. The van der Waals surface area contributed by atoms with Gasteiger partial charge in [-0.15, -0.1) is 21.5 Å². The second-order valence-corrected chi connectivity index (χ2v) is 8.23. The number of benzene rings is 2. The molecule has 0 atom stereocenters. The number of thiazole rings is 1. The lowest BCUT2D eigenvalue weighted by atomic mass is 10.1. The molecule has 26 heavy (non-hydrogen) atoms. The van der Waals surface area contributed by atoms with Gasteiger partial charge in [0.25, 0.3) is 0 Å². The summed E-state index contributed by atoms with van der Waals surface area (Å²) in [6.07, 6.45) is 0. The van der Waals surface area contributed by atoms with Crippen molar-refractivity contribution in [3.63, 3.8) is 0 Å². The molecule has 0 aliphatic rings. The van der Waals surface area contributed by atoms with Crippen LogP contribution in [0.15, 0.2) is 53.6 Å². The van der Waals surface area contributed by atoms with Crippen LogP contribution in [0.1, 0.15) is 10.6 Å². The smallest absolute Gasteiger partial charge is 0.146 e. The van der Waals surface area contributed by atoms with Crippen molar-refractivity contribution in [1.82, 2.24) is 15.2 Å². The van der Waals surface area contributed by atoms with E-state index >= 15 is 0 Å². The maximum absolute atomic E-state index is 13.2. The number of hydrogen-bond acceptors (Lipinski definition) is 5. The average molecular weight is 402 g/mol. The van der Waals surface area contributed by atoms with Crippen LogP contribution in [0.2, 0.25) is 5.02 Å². The highest BCUT2D eigenvalue weighted by Gasteiger charge is 2.16. The molecule has 0 aliphatic heterocycles. The molecule has 0 bridgehead atoms. The largest absolute Gasteiger partial charge is 0.238 e. The second kappa shape index (κ2) is 7.31. The zero-order chi connectivity index (χ0) is 18.1. The zero-order valence-corrected chi connectivity index (χ0v) is 16.1. The Morgan fingerprint density at radius 3 is 2.62 bits per heavy atom. The SMILES string of the molecule is Cc1nc2c(SCc3ccccc3Cl)nnc(-c3ccc(F)cc3)c2s1. The number of rotatable bonds is 4. The second-order valence-electron chi connectivity index (χ2n) is 5.65. The van der Waals surface area contributed by atoms with E-state index in [0.717, 1.165) is 42.1 Å². The summed E-state index contributed by atoms with van der Waals surface area (Å²) in [5, 5.41) is 11.2. The van der Waals surface area contributed by atoms with Gasteiger partial charge in [-0.2, -0.15) is 0 Å². The Labute approximate surface area is 163 Å². The Balaban J connectivity index is 1.72. The molecule has 0 unspecified atom stereocenters. The van der Waals surface area contributed by atoms with E-state index in [1.165, 1.54) is 12.1 Å². The van der Waals surface area contributed by atoms with Gasteiger partial charge in [0, 0.05) is 16.3 Å². The molecule has 2 aromatic carbocycles. The number of aryl methyl sites for hydroxylation is 1. The molecule has 2 aromatic heterocycles. The Kier molecular flexibility index (Phi) is 4.89. The van der Waals surface area contributed by atoms with Crippen LogP contribution in [0.4, 0.5) is 4.39 Å². The minimum absolute atomic E-state index is 0.273. The lowest BCUT2D eigenvalue weighted by Crippen LogP contribution is -1.93. The topological polar surface area (TPSA) is 38.7 Å². The summed E-state index contributed by atoms with van der Waals surface area (Å²) in [6, 6.07) is 14.0. The fourth-order valence-electron chi connectivity index (χ4n) is 2.58. The number of halogens is 2. The molecule has 3 nitrogen and oxygen atoms in total. The summed E-state index contributed by atoms with van der Waals surface area (Å²) >= 11 is 9.37. The zero-order valence-electron chi connectivity index (χ0n) is 13.7. The molecule has 0 amide bonds. The molecular formula is C19H13ClFN3S2. The van der Waals surface area contributed by atoms with Crippen molar-refractivity contribution in [3.8, 4) is 11.3 Å². The molecule has 0 aliphatic carbocycles. The quantitative estimate of drug-likeness (QED) is 0.384. The lowest BCUT2D eigenvalue weighted by Gasteiger charge is -2.06. The molecular weight excluding hydrogens is 389 g/mol. The third-order valence-corrected chi connectivity index (χ3v) is 6.18. The lowest BCUT2D eigenvalue weighted by molar-refractivity contribution is 0.628. The Morgan fingerprint density at radius 1 is 1.08 bits per heavy atom. The minimum Gasteiger partial charge on any atom is -0.238 e. The Bertz CT molecular complexity index is 1080. The monoisotopic (exact) mass is 401 g/mol. The van der Waals surface area contributed by atoms with Gasteiger partial charge in [0.05, 0.1) is 9.71 Å². The highest BCUT2D eigenvalue weighted by molar-refractivity contribution is 7.98. The van der Waals surface area contributed by atoms with Gasteiger partial charge in [-0.1, -0.05) is 41.6 Å². The van der Waals surface area contributed by atoms with Crippen molar-refractivity contribution in [2.45, 2.75) is 17.7 Å². The van der Waals surface area contributed by atoms with Gasteiger partial charge in [0.15, 0.2) is 0 Å². The van der Waals surface area contributed by atoms with Crippen molar-refractivity contribution in [1.29, 1.82) is 0 Å². The third kappa shape index (κ3) is 3.45. The van der Waals surface area contributed by atoms with Gasteiger partial charge < -0.3 is 0 Å². The van der Waals surface area contributed by atoms with Crippen LogP contribution in [0.5, 0.6) is 0 Å². The van der Waals surface area contributed by atoms with Crippen LogP contribution in [0.3, 0.4) is 0 Å². The number of thioether (sulfide) groups is 1. The molecule has 0 fully saturated rings. The van der Waals surface area contributed by atoms with Crippen molar-refractivity contribution in [2.75, 3.05) is 0 Å².